The summed E-state index contributed by atoms with van der Waals surface area (Å²) in [6, 6.07) is 5.39. The van der Waals surface area contributed by atoms with E-state index in [1.54, 1.807) is 6.07 Å². The number of hydrogen-bond acceptors (Lipinski definition) is 5. The molecule has 1 fully saturated rings. The summed E-state index contributed by atoms with van der Waals surface area (Å²) >= 11 is 1.38. The number of nitrogens with zero attached hydrogens (tertiary/aromatic N) is 1. The molecule has 3 rings (SSSR count). The average Bonchev–Trinajstić information content (AvgIpc) is 3.09. The summed E-state index contributed by atoms with van der Waals surface area (Å²) in [6.07, 6.45) is 4.22. The van der Waals surface area contributed by atoms with Crippen molar-refractivity contribution >= 4 is 32.6 Å². The van der Waals surface area contributed by atoms with Crippen LogP contribution in [0.15, 0.2) is 18.2 Å². The standard InChI is InChI=1S/C15H19N3O2S/c16-14-18-11-4-3-10(7-12(11)21-14)13(20)17-8-15(9-19)5-1-2-6-15/h3-4,7,19H,1-2,5-6,8-9H2,(H2,16,18)(H,17,20). The molecular formula is C15H19N3O2S. The van der Waals surface area contributed by atoms with E-state index in [0.717, 1.165) is 35.9 Å². The number of hydrogen-bond donors (Lipinski definition) is 3. The quantitative estimate of drug-likeness (QED) is 0.807. The fourth-order valence-corrected chi connectivity index (χ4v) is 3.74. The Kier molecular flexibility index (Phi) is 3.82. The van der Waals surface area contributed by atoms with Gasteiger partial charge in [-0.1, -0.05) is 24.2 Å². The molecule has 0 bridgehead atoms. The molecule has 1 aliphatic rings. The monoisotopic (exact) mass is 305 g/mol. The van der Waals surface area contributed by atoms with Crippen LogP contribution in [0.2, 0.25) is 0 Å². The number of nitrogen functional groups attached to an aromatic ring is 1. The molecule has 1 aliphatic carbocycles. The fraction of sp³-hybridized carbons (Fsp3) is 0.467. The minimum absolute atomic E-state index is 0.108. The lowest BCUT2D eigenvalue weighted by atomic mass is 9.87. The Morgan fingerprint density at radius 3 is 2.90 bits per heavy atom. The Labute approximate surface area is 127 Å². The molecule has 1 aromatic heterocycles. The molecule has 0 radical (unpaired) electrons. The number of aromatic nitrogens is 1. The number of nitrogens with one attached hydrogen (secondary N) is 1. The van der Waals surface area contributed by atoms with E-state index in [4.69, 9.17) is 5.73 Å². The second-order valence-corrected chi connectivity index (χ2v) is 6.84. The molecule has 0 unspecified atom stereocenters. The number of anilines is 1. The second kappa shape index (κ2) is 5.61. The summed E-state index contributed by atoms with van der Waals surface area (Å²) in [5.74, 6) is -0.108. The highest BCUT2D eigenvalue weighted by molar-refractivity contribution is 7.22. The summed E-state index contributed by atoms with van der Waals surface area (Å²) in [4.78, 5) is 16.4. The van der Waals surface area contributed by atoms with E-state index in [9.17, 15) is 9.90 Å². The molecule has 0 spiro atoms. The second-order valence-electron chi connectivity index (χ2n) is 5.78. The number of aliphatic hydroxyl groups is 1. The Balaban J connectivity index is 1.71. The molecule has 2 aromatic rings. The van der Waals surface area contributed by atoms with Crippen molar-refractivity contribution in [3.05, 3.63) is 23.8 Å². The van der Waals surface area contributed by atoms with Gasteiger partial charge in [-0.15, -0.1) is 0 Å². The number of fused-ring (bicyclic) bond motifs is 1. The predicted octanol–water partition coefficient (Wildman–Crippen LogP) is 2.16. The van der Waals surface area contributed by atoms with E-state index in [2.05, 4.69) is 10.3 Å². The number of nitrogens with two attached hydrogens (primary N) is 1. The molecular weight excluding hydrogens is 286 g/mol. The lowest BCUT2D eigenvalue weighted by Gasteiger charge is -2.26. The summed E-state index contributed by atoms with van der Waals surface area (Å²) in [7, 11) is 0. The maximum atomic E-state index is 12.3. The normalized spacial score (nSPS) is 17.2. The van der Waals surface area contributed by atoms with Crippen LogP contribution < -0.4 is 11.1 Å². The largest absolute Gasteiger partial charge is 0.396 e. The van der Waals surface area contributed by atoms with Crippen LogP contribution in [0.4, 0.5) is 5.13 Å². The summed E-state index contributed by atoms with van der Waals surface area (Å²) in [6.45, 7) is 0.670. The molecule has 1 heterocycles. The molecule has 112 valence electrons. The molecule has 5 nitrogen and oxygen atoms in total. The topological polar surface area (TPSA) is 88.2 Å². The van der Waals surface area contributed by atoms with Crippen molar-refractivity contribution in [2.24, 2.45) is 5.41 Å². The van der Waals surface area contributed by atoms with E-state index < -0.39 is 0 Å². The number of aliphatic hydroxyl groups excluding tert-OH is 1. The van der Waals surface area contributed by atoms with Gasteiger partial charge in [0.05, 0.1) is 16.8 Å². The van der Waals surface area contributed by atoms with Crippen molar-refractivity contribution in [1.82, 2.24) is 10.3 Å². The molecule has 0 atom stereocenters. The Morgan fingerprint density at radius 1 is 1.43 bits per heavy atom. The first-order valence-corrected chi connectivity index (χ1v) is 7.99. The predicted molar refractivity (Wildman–Crippen MR) is 84.4 cm³/mol. The first-order valence-electron chi connectivity index (χ1n) is 7.17. The van der Waals surface area contributed by atoms with Crippen molar-refractivity contribution in [3.8, 4) is 0 Å². The van der Waals surface area contributed by atoms with Crippen LogP contribution in [0.3, 0.4) is 0 Å². The zero-order valence-corrected chi connectivity index (χ0v) is 12.6. The van der Waals surface area contributed by atoms with Crippen LogP contribution in [0.25, 0.3) is 10.2 Å². The molecule has 0 aliphatic heterocycles. The van der Waals surface area contributed by atoms with Crippen LogP contribution in [-0.4, -0.2) is 29.1 Å². The van der Waals surface area contributed by atoms with Gasteiger partial charge in [0.1, 0.15) is 0 Å². The van der Waals surface area contributed by atoms with Crippen LogP contribution >= 0.6 is 11.3 Å². The van der Waals surface area contributed by atoms with Gasteiger partial charge in [0, 0.05) is 17.5 Å². The molecule has 1 saturated carbocycles. The van der Waals surface area contributed by atoms with Crippen LogP contribution in [0.1, 0.15) is 36.0 Å². The van der Waals surface area contributed by atoms with Crippen LogP contribution in [-0.2, 0) is 0 Å². The zero-order valence-electron chi connectivity index (χ0n) is 11.8. The van der Waals surface area contributed by atoms with E-state index in [-0.39, 0.29) is 17.9 Å². The van der Waals surface area contributed by atoms with Crippen molar-refractivity contribution in [2.45, 2.75) is 25.7 Å². The molecule has 6 heteroatoms. The number of amides is 1. The molecule has 21 heavy (non-hydrogen) atoms. The van der Waals surface area contributed by atoms with E-state index in [1.807, 2.05) is 12.1 Å². The Bertz CT molecular complexity index is 662. The summed E-state index contributed by atoms with van der Waals surface area (Å²) in [5.41, 5.74) is 6.97. The van der Waals surface area contributed by atoms with Gasteiger partial charge < -0.3 is 16.2 Å². The smallest absolute Gasteiger partial charge is 0.251 e. The number of carbonyl (C=O) groups excluding carboxylic acids is 1. The highest BCUT2D eigenvalue weighted by atomic mass is 32.1. The van der Waals surface area contributed by atoms with E-state index in [1.165, 1.54) is 11.3 Å². The average molecular weight is 305 g/mol. The van der Waals surface area contributed by atoms with Crippen LogP contribution in [0.5, 0.6) is 0 Å². The van der Waals surface area contributed by atoms with Crippen molar-refractivity contribution < 1.29 is 9.90 Å². The maximum Gasteiger partial charge on any atom is 0.251 e. The molecule has 1 amide bonds. The lowest BCUT2D eigenvalue weighted by molar-refractivity contribution is 0.0881. The molecule has 0 saturated heterocycles. The van der Waals surface area contributed by atoms with Crippen molar-refractivity contribution in [3.63, 3.8) is 0 Å². The van der Waals surface area contributed by atoms with Gasteiger partial charge in [-0.25, -0.2) is 4.98 Å². The van der Waals surface area contributed by atoms with E-state index >= 15 is 0 Å². The van der Waals surface area contributed by atoms with Crippen molar-refractivity contribution in [2.75, 3.05) is 18.9 Å². The van der Waals surface area contributed by atoms with Gasteiger partial charge in [0.2, 0.25) is 0 Å². The zero-order chi connectivity index (χ0) is 14.9. The minimum atomic E-state index is -0.130. The number of rotatable bonds is 4. The first kappa shape index (κ1) is 14.3. The highest BCUT2D eigenvalue weighted by Crippen LogP contribution is 2.37. The third-order valence-electron chi connectivity index (χ3n) is 4.29. The third-order valence-corrected chi connectivity index (χ3v) is 5.14. The van der Waals surface area contributed by atoms with Gasteiger partial charge in [-0.3, -0.25) is 4.79 Å². The lowest BCUT2D eigenvalue weighted by Crippen LogP contribution is -2.38. The Hall–Kier alpha value is -1.66. The SMILES string of the molecule is Nc1nc2ccc(C(=O)NCC3(CO)CCCC3)cc2s1. The van der Waals surface area contributed by atoms with Crippen LogP contribution in [0, 0.1) is 5.41 Å². The van der Waals surface area contributed by atoms with Gasteiger partial charge in [-0.05, 0) is 31.0 Å². The van der Waals surface area contributed by atoms with Gasteiger partial charge in [0.25, 0.3) is 5.91 Å². The molecule has 4 N–H and O–H groups in total. The number of thiazole rings is 1. The highest BCUT2D eigenvalue weighted by Gasteiger charge is 2.33. The summed E-state index contributed by atoms with van der Waals surface area (Å²) in [5, 5.41) is 13.0. The van der Waals surface area contributed by atoms with Gasteiger partial charge >= 0.3 is 0 Å². The fourth-order valence-electron chi connectivity index (χ4n) is 2.97. The van der Waals surface area contributed by atoms with Gasteiger partial charge in [0.15, 0.2) is 5.13 Å². The summed E-state index contributed by atoms with van der Waals surface area (Å²) < 4.78 is 0.915. The maximum absolute atomic E-state index is 12.3. The van der Waals surface area contributed by atoms with Crippen molar-refractivity contribution in [1.29, 1.82) is 0 Å². The number of benzene rings is 1. The Morgan fingerprint density at radius 2 is 2.19 bits per heavy atom. The number of carbonyl (C=O) groups is 1. The van der Waals surface area contributed by atoms with Gasteiger partial charge in [-0.2, -0.15) is 0 Å². The first-order chi connectivity index (χ1) is 10.1. The minimum Gasteiger partial charge on any atom is -0.396 e. The van der Waals surface area contributed by atoms with E-state index in [0.29, 0.717) is 17.2 Å². The third kappa shape index (κ3) is 2.87. The molecule has 1 aromatic carbocycles.